The van der Waals surface area contributed by atoms with Gasteiger partial charge in [0.1, 0.15) is 5.82 Å². The Balaban J connectivity index is 1.20. The van der Waals surface area contributed by atoms with Gasteiger partial charge < -0.3 is 15.1 Å². The van der Waals surface area contributed by atoms with Crippen LogP contribution in [0.4, 0.5) is 21.8 Å². The van der Waals surface area contributed by atoms with Gasteiger partial charge in [-0.25, -0.2) is 24.6 Å². The van der Waals surface area contributed by atoms with Crippen molar-refractivity contribution in [3.05, 3.63) is 78.9 Å². The number of halogens is 1. The second-order valence-corrected chi connectivity index (χ2v) is 7.89. The van der Waals surface area contributed by atoms with E-state index in [4.69, 9.17) is 0 Å². The summed E-state index contributed by atoms with van der Waals surface area (Å²) < 4.78 is 14.4. The Morgan fingerprint density at radius 1 is 1.00 bits per heavy atom. The lowest BCUT2D eigenvalue weighted by Crippen LogP contribution is -2.53. The molecule has 5 rings (SSSR count). The second-order valence-electron chi connectivity index (χ2n) is 7.89. The standard InChI is InChI=1S/C23H22FN9O/c1-16-15-31(20-4-2-3-8-25-20)10-11-32(16)23-27-13-18(14-28-23)29-22(34)17-5-6-21(26-12-17)33-9-7-19(24)30-33/h2-9,12-14,16H,10-11,15H2,1H3,(H,29,34)/t16-/m0/s1. The Hall–Kier alpha value is -4.41. The lowest BCUT2D eigenvalue weighted by molar-refractivity contribution is 0.102. The van der Waals surface area contributed by atoms with Crippen molar-refractivity contribution in [3.8, 4) is 5.82 Å². The first-order chi connectivity index (χ1) is 16.6. The molecule has 1 aliphatic heterocycles. The zero-order valence-corrected chi connectivity index (χ0v) is 18.4. The first-order valence-electron chi connectivity index (χ1n) is 10.8. The van der Waals surface area contributed by atoms with Crippen molar-refractivity contribution in [1.29, 1.82) is 0 Å². The fourth-order valence-corrected chi connectivity index (χ4v) is 3.83. The van der Waals surface area contributed by atoms with Crippen LogP contribution >= 0.6 is 0 Å². The largest absolute Gasteiger partial charge is 0.353 e. The number of rotatable bonds is 5. The highest BCUT2D eigenvalue weighted by Gasteiger charge is 2.26. The lowest BCUT2D eigenvalue weighted by Gasteiger charge is -2.40. The molecule has 0 spiro atoms. The van der Waals surface area contributed by atoms with E-state index in [0.29, 0.717) is 23.0 Å². The van der Waals surface area contributed by atoms with Gasteiger partial charge in [0, 0.05) is 50.3 Å². The molecule has 4 aromatic rings. The normalized spacial score (nSPS) is 15.9. The van der Waals surface area contributed by atoms with Crippen LogP contribution in [0.15, 0.2) is 67.4 Å². The number of hydrogen-bond donors (Lipinski definition) is 1. The number of pyridine rings is 2. The predicted octanol–water partition coefficient (Wildman–Crippen LogP) is 2.56. The molecule has 1 aliphatic rings. The highest BCUT2D eigenvalue weighted by Crippen LogP contribution is 2.21. The molecular formula is C23H22FN9O. The van der Waals surface area contributed by atoms with Crippen LogP contribution in [0.3, 0.4) is 0 Å². The third kappa shape index (κ3) is 4.53. The number of anilines is 3. The number of carbonyl (C=O) groups is 1. The molecule has 0 aliphatic carbocycles. The molecule has 34 heavy (non-hydrogen) atoms. The van der Waals surface area contributed by atoms with Crippen LogP contribution in [0, 0.1) is 5.95 Å². The van der Waals surface area contributed by atoms with Crippen LogP contribution in [0.2, 0.25) is 0 Å². The van der Waals surface area contributed by atoms with Crippen molar-refractivity contribution in [1.82, 2.24) is 29.7 Å². The van der Waals surface area contributed by atoms with Crippen LogP contribution in [0.25, 0.3) is 5.82 Å². The van der Waals surface area contributed by atoms with Gasteiger partial charge in [-0.3, -0.25) is 4.79 Å². The van der Waals surface area contributed by atoms with E-state index in [1.807, 2.05) is 18.2 Å². The zero-order chi connectivity index (χ0) is 23.5. The molecule has 0 saturated carbocycles. The van der Waals surface area contributed by atoms with E-state index in [1.54, 1.807) is 30.7 Å². The maximum absolute atomic E-state index is 13.1. The smallest absolute Gasteiger partial charge is 0.257 e. The minimum absolute atomic E-state index is 0.198. The van der Waals surface area contributed by atoms with Gasteiger partial charge in [-0.05, 0) is 31.2 Å². The number of nitrogens with zero attached hydrogens (tertiary/aromatic N) is 8. The van der Waals surface area contributed by atoms with Gasteiger partial charge in [-0.1, -0.05) is 6.07 Å². The van der Waals surface area contributed by atoms with E-state index in [1.165, 1.54) is 23.1 Å². The summed E-state index contributed by atoms with van der Waals surface area (Å²) in [6.45, 7) is 4.52. The van der Waals surface area contributed by atoms with Crippen molar-refractivity contribution in [2.24, 2.45) is 0 Å². The minimum Gasteiger partial charge on any atom is -0.353 e. The van der Waals surface area contributed by atoms with Crippen molar-refractivity contribution in [3.63, 3.8) is 0 Å². The van der Waals surface area contributed by atoms with Gasteiger partial charge >= 0.3 is 0 Å². The van der Waals surface area contributed by atoms with Gasteiger partial charge in [-0.15, -0.1) is 5.10 Å². The quantitative estimate of drug-likeness (QED) is 0.486. The third-order valence-electron chi connectivity index (χ3n) is 5.56. The summed E-state index contributed by atoms with van der Waals surface area (Å²) >= 11 is 0. The van der Waals surface area contributed by atoms with Gasteiger partial charge in [0.25, 0.3) is 5.91 Å². The number of hydrogen-bond acceptors (Lipinski definition) is 8. The lowest BCUT2D eigenvalue weighted by atomic mass is 10.2. The van der Waals surface area contributed by atoms with Crippen LogP contribution < -0.4 is 15.1 Å². The molecule has 1 amide bonds. The monoisotopic (exact) mass is 459 g/mol. The molecule has 0 radical (unpaired) electrons. The summed E-state index contributed by atoms with van der Waals surface area (Å²) in [6.07, 6.45) is 7.84. The van der Waals surface area contributed by atoms with Crippen LogP contribution in [-0.2, 0) is 0 Å². The number of nitrogens with one attached hydrogen (secondary N) is 1. The Bertz CT molecular complexity index is 1260. The molecule has 5 heterocycles. The summed E-state index contributed by atoms with van der Waals surface area (Å²) in [7, 11) is 0. The number of amides is 1. The topological polar surface area (TPSA) is 105 Å². The second kappa shape index (κ2) is 9.22. The number of carbonyl (C=O) groups excluding carboxylic acids is 1. The Labute approximate surface area is 195 Å². The molecule has 172 valence electrons. The first kappa shape index (κ1) is 21.4. The molecule has 1 saturated heterocycles. The molecule has 4 aromatic heterocycles. The summed E-state index contributed by atoms with van der Waals surface area (Å²) in [5, 5.41) is 6.43. The summed E-state index contributed by atoms with van der Waals surface area (Å²) in [5.41, 5.74) is 0.825. The van der Waals surface area contributed by atoms with Crippen molar-refractivity contribution < 1.29 is 9.18 Å². The minimum atomic E-state index is -0.600. The van der Waals surface area contributed by atoms with E-state index in [-0.39, 0.29) is 11.9 Å². The molecule has 1 atom stereocenters. The van der Waals surface area contributed by atoms with E-state index in [9.17, 15) is 9.18 Å². The molecule has 0 unspecified atom stereocenters. The van der Waals surface area contributed by atoms with E-state index >= 15 is 0 Å². The molecular weight excluding hydrogens is 437 g/mol. The summed E-state index contributed by atoms with van der Waals surface area (Å²) in [4.78, 5) is 34.5. The average Bonchev–Trinajstić information content (AvgIpc) is 3.31. The Morgan fingerprint density at radius 3 is 2.50 bits per heavy atom. The van der Waals surface area contributed by atoms with Gasteiger partial charge in [0.15, 0.2) is 5.82 Å². The molecule has 11 heteroatoms. The maximum Gasteiger partial charge on any atom is 0.257 e. The average molecular weight is 459 g/mol. The van der Waals surface area contributed by atoms with Crippen molar-refractivity contribution in [2.45, 2.75) is 13.0 Å². The SMILES string of the molecule is C[C@H]1CN(c2ccccn2)CCN1c1ncc(NC(=O)c2ccc(-n3ccc(F)n3)nc2)cn1. The van der Waals surface area contributed by atoms with Gasteiger partial charge in [-0.2, -0.15) is 4.39 Å². The fourth-order valence-electron chi connectivity index (χ4n) is 3.83. The molecule has 0 aromatic carbocycles. The van der Waals surface area contributed by atoms with Crippen LogP contribution in [0.1, 0.15) is 17.3 Å². The highest BCUT2D eigenvalue weighted by atomic mass is 19.1. The fraction of sp³-hybridized carbons (Fsp3) is 0.217. The zero-order valence-electron chi connectivity index (χ0n) is 18.4. The predicted molar refractivity (Wildman–Crippen MR) is 125 cm³/mol. The van der Waals surface area contributed by atoms with Crippen molar-refractivity contribution >= 4 is 23.4 Å². The molecule has 1 N–H and O–H groups in total. The van der Waals surface area contributed by atoms with E-state index in [2.05, 4.69) is 47.1 Å². The highest BCUT2D eigenvalue weighted by molar-refractivity contribution is 6.03. The van der Waals surface area contributed by atoms with Gasteiger partial charge in [0.05, 0.1) is 23.6 Å². The number of aromatic nitrogens is 6. The number of piperazine rings is 1. The van der Waals surface area contributed by atoms with Crippen LogP contribution in [0.5, 0.6) is 0 Å². The Kier molecular flexibility index (Phi) is 5.81. The molecule has 1 fully saturated rings. The van der Waals surface area contributed by atoms with Crippen molar-refractivity contribution in [2.75, 3.05) is 34.8 Å². The van der Waals surface area contributed by atoms with E-state index < -0.39 is 5.95 Å². The Morgan fingerprint density at radius 2 is 1.85 bits per heavy atom. The van der Waals surface area contributed by atoms with Gasteiger partial charge in [0.2, 0.25) is 11.9 Å². The molecule has 10 nitrogen and oxygen atoms in total. The van der Waals surface area contributed by atoms with E-state index in [0.717, 1.165) is 25.5 Å². The summed E-state index contributed by atoms with van der Waals surface area (Å²) in [6, 6.07) is 10.5. The van der Waals surface area contributed by atoms with Crippen LogP contribution in [-0.4, -0.2) is 61.3 Å². The maximum atomic E-state index is 13.1. The molecule has 0 bridgehead atoms. The first-order valence-corrected chi connectivity index (χ1v) is 10.8. The summed E-state index contributed by atoms with van der Waals surface area (Å²) in [5.74, 6) is 1.04. The third-order valence-corrected chi connectivity index (χ3v) is 5.56.